The van der Waals surface area contributed by atoms with Crippen molar-refractivity contribution < 1.29 is 22.7 Å². The summed E-state index contributed by atoms with van der Waals surface area (Å²) in [5, 5.41) is 0. The van der Waals surface area contributed by atoms with Gasteiger partial charge < -0.3 is 14.4 Å². The third-order valence-corrected chi connectivity index (χ3v) is 6.73. The molecule has 1 fully saturated rings. The lowest BCUT2D eigenvalue weighted by Gasteiger charge is -2.20. The maximum Gasteiger partial charge on any atom is 0.301 e. The number of carbonyl (C=O) groups is 1. The Hall–Kier alpha value is -2.62. The molecule has 1 N–H and O–H groups in total. The highest BCUT2D eigenvalue weighted by Gasteiger charge is 2.37. The fraction of sp³-hybridized carbons (Fsp3) is 0.409. The molecule has 1 amide bonds. The minimum Gasteiger partial charge on any atom is -0.486 e. The minimum atomic E-state index is -3.62. The molecule has 2 unspecified atom stereocenters. The van der Waals surface area contributed by atoms with Crippen LogP contribution < -0.4 is 9.46 Å². The van der Waals surface area contributed by atoms with Gasteiger partial charge in [-0.1, -0.05) is 23.8 Å². The molecule has 0 spiro atoms. The Bertz CT molecular complexity index is 1050. The molecule has 1 aliphatic rings. The van der Waals surface area contributed by atoms with Crippen molar-refractivity contribution >= 4 is 21.8 Å². The lowest BCUT2D eigenvalue weighted by atomic mass is 10.0. The standard InChI is InChI=1S/C22H29N3O5S/c1-15-9-10-16(2)19(11-15)22(26)25-13-20(29-5)21(14-25)30-18-8-6-7-17(12-18)23-31(27,28)24(3)4/h6-12,20-21,23H,13-14H2,1-5H3. The molecule has 31 heavy (non-hydrogen) atoms. The van der Waals surface area contributed by atoms with Gasteiger partial charge >= 0.3 is 10.2 Å². The summed E-state index contributed by atoms with van der Waals surface area (Å²) >= 11 is 0. The Morgan fingerprint density at radius 1 is 1.10 bits per heavy atom. The molecule has 0 saturated carbocycles. The highest BCUT2D eigenvalue weighted by atomic mass is 32.2. The first kappa shape index (κ1) is 23.1. The molecule has 2 aromatic carbocycles. The molecule has 0 aliphatic carbocycles. The van der Waals surface area contributed by atoms with Crippen LogP contribution in [0.1, 0.15) is 21.5 Å². The summed E-state index contributed by atoms with van der Waals surface area (Å²) in [7, 11) is 0.874. The SMILES string of the molecule is COC1CN(C(=O)c2cc(C)ccc2C)CC1Oc1cccc(NS(=O)(=O)N(C)C)c1. The highest BCUT2D eigenvalue weighted by Crippen LogP contribution is 2.25. The molecule has 9 heteroatoms. The van der Waals surface area contributed by atoms with Crippen LogP contribution in [-0.2, 0) is 14.9 Å². The van der Waals surface area contributed by atoms with Gasteiger partial charge in [-0.2, -0.15) is 12.7 Å². The van der Waals surface area contributed by atoms with E-state index in [0.717, 1.165) is 15.4 Å². The molecule has 1 saturated heterocycles. The first-order valence-electron chi connectivity index (χ1n) is 9.97. The first-order valence-corrected chi connectivity index (χ1v) is 11.4. The van der Waals surface area contributed by atoms with Crippen LogP contribution >= 0.6 is 0 Å². The van der Waals surface area contributed by atoms with Crippen LogP contribution in [-0.4, -0.2) is 70.0 Å². The Balaban J connectivity index is 1.74. The summed E-state index contributed by atoms with van der Waals surface area (Å²) < 4.78 is 39.4. The molecule has 1 heterocycles. The molecule has 0 bridgehead atoms. The van der Waals surface area contributed by atoms with Gasteiger partial charge in [0, 0.05) is 32.8 Å². The summed E-state index contributed by atoms with van der Waals surface area (Å²) in [5.41, 5.74) is 3.02. The number of nitrogens with zero attached hydrogens (tertiary/aromatic N) is 2. The smallest absolute Gasteiger partial charge is 0.301 e. The van der Waals surface area contributed by atoms with E-state index in [2.05, 4.69) is 4.72 Å². The third-order valence-electron chi connectivity index (χ3n) is 5.28. The van der Waals surface area contributed by atoms with Gasteiger partial charge in [-0.3, -0.25) is 9.52 Å². The first-order chi connectivity index (χ1) is 14.6. The van der Waals surface area contributed by atoms with Crippen molar-refractivity contribution in [2.45, 2.75) is 26.1 Å². The summed E-state index contributed by atoms with van der Waals surface area (Å²) in [6.07, 6.45) is -0.670. The number of anilines is 1. The lowest BCUT2D eigenvalue weighted by Crippen LogP contribution is -2.32. The Kier molecular flexibility index (Phi) is 6.88. The van der Waals surface area contributed by atoms with Crippen LogP contribution in [0.3, 0.4) is 0 Å². The summed E-state index contributed by atoms with van der Waals surface area (Å²) in [4.78, 5) is 14.8. The monoisotopic (exact) mass is 447 g/mol. The zero-order valence-corrected chi connectivity index (χ0v) is 19.3. The van der Waals surface area contributed by atoms with Crippen LogP contribution in [0, 0.1) is 13.8 Å². The van der Waals surface area contributed by atoms with Crippen molar-refractivity contribution in [1.29, 1.82) is 0 Å². The zero-order valence-electron chi connectivity index (χ0n) is 18.5. The van der Waals surface area contributed by atoms with Crippen LogP contribution in [0.25, 0.3) is 0 Å². The fourth-order valence-corrected chi connectivity index (χ4v) is 4.04. The normalized spacial score (nSPS) is 19.0. The topological polar surface area (TPSA) is 88.2 Å². The van der Waals surface area contributed by atoms with Gasteiger partial charge in [-0.15, -0.1) is 0 Å². The van der Waals surface area contributed by atoms with Gasteiger partial charge in [0.15, 0.2) is 0 Å². The van der Waals surface area contributed by atoms with Gasteiger partial charge in [-0.05, 0) is 37.6 Å². The van der Waals surface area contributed by atoms with Gasteiger partial charge in [-0.25, -0.2) is 0 Å². The third kappa shape index (κ3) is 5.36. The molecule has 1 aliphatic heterocycles. The Labute approximate surface area is 183 Å². The predicted molar refractivity (Wildman–Crippen MR) is 120 cm³/mol. The van der Waals surface area contributed by atoms with Crippen molar-refractivity contribution in [3.05, 3.63) is 59.2 Å². The zero-order chi connectivity index (χ0) is 22.8. The molecule has 168 valence electrons. The van der Waals surface area contributed by atoms with Gasteiger partial charge in [0.2, 0.25) is 0 Å². The molecule has 2 aromatic rings. The van der Waals surface area contributed by atoms with Gasteiger partial charge in [0.1, 0.15) is 18.0 Å². The Morgan fingerprint density at radius 3 is 2.48 bits per heavy atom. The number of likely N-dealkylation sites (tertiary alicyclic amines) is 1. The molecule has 0 radical (unpaired) electrons. The molecule has 8 nitrogen and oxygen atoms in total. The van der Waals surface area contributed by atoms with Crippen LogP contribution in [0.2, 0.25) is 0 Å². The fourth-order valence-electron chi connectivity index (χ4n) is 3.43. The van der Waals surface area contributed by atoms with E-state index in [1.54, 1.807) is 36.3 Å². The minimum absolute atomic E-state index is 0.0538. The van der Waals surface area contributed by atoms with E-state index in [-0.39, 0.29) is 18.1 Å². The van der Waals surface area contributed by atoms with Crippen molar-refractivity contribution in [3.63, 3.8) is 0 Å². The maximum absolute atomic E-state index is 13.1. The van der Waals surface area contributed by atoms with Crippen LogP contribution in [0.5, 0.6) is 5.75 Å². The number of nitrogens with one attached hydrogen (secondary N) is 1. The van der Waals surface area contributed by atoms with Crippen molar-refractivity contribution in [3.8, 4) is 5.75 Å². The number of rotatable bonds is 7. The molecule has 2 atom stereocenters. The molecule has 0 aromatic heterocycles. The molecular weight excluding hydrogens is 418 g/mol. The van der Waals surface area contributed by atoms with E-state index >= 15 is 0 Å². The van der Waals surface area contributed by atoms with E-state index in [1.165, 1.54) is 14.1 Å². The number of aryl methyl sites for hydroxylation is 2. The predicted octanol–water partition coefficient (Wildman–Crippen LogP) is 2.44. The second kappa shape index (κ2) is 9.25. The average Bonchev–Trinajstić information content (AvgIpc) is 3.12. The summed E-state index contributed by atoms with van der Waals surface area (Å²) in [6.45, 7) is 4.67. The quantitative estimate of drug-likeness (QED) is 0.704. The summed E-state index contributed by atoms with van der Waals surface area (Å²) in [5.74, 6) is 0.439. The summed E-state index contributed by atoms with van der Waals surface area (Å²) in [6, 6.07) is 12.5. The van der Waals surface area contributed by atoms with E-state index in [9.17, 15) is 13.2 Å². The molecular formula is C22H29N3O5S. The van der Waals surface area contributed by atoms with E-state index < -0.39 is 10.2 Å². The number of benzene rings is 2. The average molecular weight is 448 g/mol. The number of ether oxygens (including phenoxy) is 2. The van der Waals surface area contributed by atoms with Gasteiger partial charge in [0.05, 0.1) is 18.8 Å². The van der Waals surface area contributed by atoms with Crippen LogP contribution in [0.4, 0.5) is 5.69 Å². The lowest BCUT2D eigenvalue weighted by molar-refractivity contribution is 0.0340. The van der Waals surface area contributed by atoms with E-state index in [1.807, 2.05) is 32.0 Å². The number of amides is 1. The van der Waals surface area contributed by atoms with Gasteiger partial charge in [0.25, 0.3) is 5.91 Å². The molecule has 3 rings (SSSR count). The van der Waals surface area contributed by atoms with Crippen molar-refractivity contribution in [2.75, 3.05) is 39.0 Å². The van der Waals surface area contributed by atoms with E-state index in [0.29, 0.717) is 30.1 Å². The number of methoxy groups -OCH3 is 1. The van der Waals surface area contributed by atoms with Crippen molar-refractivity contribution in [2.24, 2.45) is 0 Å². The maximum atomic E-state index is 13.1. The Morgan fingerprint density at radius 2 is 1.81 bits per heavy atom. The number of carbonyl (C=O) groups excluding carboxylic acids is 1. The second-order valence-electron chi connectivity index (χ2n) is 7.88. The largest absolute Gasteiger partial charge is 0.486 e. The van der Waals surface area contributed by atoms with Crippen molar-refractivity contribution in [1.82, 2.24) is 9.21 Å². The highest BCUT2D eigenvalue weighted by molar-refractivity contribution is 7.90. The van der Waals surface area contributed by atoms with Crippen LogP contribution in [0.15, 0.2) is 42.5 Å². The second-order valence-corrected chi connectivity index (χ2v) is 9.76. The number of hydrogen-bond acceptors (Lipinski definition) is 5. The van der Waals surface area contributed by atoms with E-state index in [4.69, 9.17) is 9.47 Å². The number of hydrogen-bond donors (Lipinski definition) is 1.